The van der Waals surface area contributed by atoms with Crippen LogP contribution < -0.4 is 21.5 Å². The van der Waals surface area contributed by atoms with Crippen molar-refractivity contribution in [2.45, 2.75) is 46.1 Å². The molecule has 0 spiro atoms. The van der Waals surface area contributed by atoms with Gasteiger partial charge < -0.3 is 24.5 Å². The molecule has 1 saturated heterocycles. The molecule has 37 heavy (non-hydrogen) atoms. The summed E-state index contributed by atoms with van der Waals surface area (Å²) in [5.41, 5.74) is 2.55. The summed E-state index contributed by atoms with van der Waals surface area (Å²) < 4.78 is 7.86. The van der Waals surface area contributed by atoms with E-state index in [0.717, 1.165) is 67.2 Å². The minimum atomic E-state index is -0.273. The molecule has 198 valence electrons. The zero-order valence-electron chi connectivity index (χ0n) is 21.1. The molecule has 2 atom stereocenters. The summed E-state index contributed by atoms with van der Waals surface area (Å²) in [5.74, 6) is 0.324. The number of hydrogen-bond acceptors (Lipinski definition) is 5. The van der Waals surface area contributed by atoms with Gasteiger partial charge in [0.1, 0.15) is 5.58 Å². The van der Waals surface area contributed by atoms with Gasteiger partial charge in [0.25, 0.3) is 11.5 Å². The maximum absolute atomic E-state index is 13.8. The highest BCUT2D eigenvalue weighted by Gasteiger charge is 2.50. The Morgan fingerprint density at radius 2 is 2.00 bits per heavy atom. The Morgan fingerprint density at radius 3 is 2.68 bits per heavy atom. The van der Waals surface area contributed by atoms with Gasteiger partial charge in [-0.15, -0.1) is 9.24 Å². The summed E-state index contributed by atoms with van der Waals surface area (Å²) in [7, 11) is 4.84. The number of hydrogen-bond donors (Lipinski definition) is 2. The number of carbonyl (C=O) groups is 1. The van der Waals surface area contributed by atoms with Crippen LogP contribution in [0.15, 0.2) is 45.9 Å². The van der Waals surface area contributed by atoms with E-state index in [1.807, 2.05) is 25.1 Å². The predicted octanol–water partition coefficient (Wildman–Crippen LogP) is 5.02. The normalized spacial score (nSPS) is 18.8. The van der Waals surface area contributed by atoms with Crippen molar-refractivity contribution in [2.75, 3.05) is 32.0 Å². The summed E-state index contributed by atoms with van der Waals surface area (Å²) in [6.07, 6.45) is 7.61. The number of aromatic nitrogens is 1. The fraction of sp³-hybridized carbons (Fsp3) is 0.481. The van der Waals surface area contributed by atoms with Gasteiger partial charge in [0.2, 0.25) is 0 Å². The number of nitrogens with one attached hydrogen (secondary N) is 2. The molecule has 0 radical (unpaired) electrons. The number of likely N-dealkylation sites (tertiary alicyclic amines) is 1. The Morgan fingerprint density at radius 1 is 1.27 bits per heavy atom. The van der Waals surface area contributed by atoms with Crippen molar-refractivity contribution < 1.29 is 9.21 Å². The molecule has 10 heteroatoms. The third kappa shape index (κ3) is 5.61. The van der Waals surface area contributed by atoms with E-state index >= 15 is 0 Å². The molecule has 5 rings (SSSR count). The van der Waals surface area contributed by atoms with Gasteiger partial charge in [0.15, 0.2) is 0 Å². The van der Waals surface area contributed by atoms with Crippen LogP contribution in [0.2, 0.25) is 0 Å². The first-order valence-electron chi connectivity index (χ1n) is 12.7. The summed E-state index contributed by atoms with van der Waals surface area (Å²) in [6, 6.07) is 7.33. The highest BCUT2D eigenvalue weighted by Crippen LogP contribution is 2.51. The number of alkyl halides is 2. The van der Waals surface area contributed by atoms with Crippen LogP contribution in [0.1, 0.15) is 54.6 Å². The van der Waals surface area contributed by atoms with Crippen LogP contribution in [0.25, 0.3) is 11.0 Å². The fourth-order valence-corrected chi connectivity index (χ4v) is 7.35. The first-order valence-corrected chi connectivity index (χ1v) is 15.8. The van der Waals surface area contributed by atoms with Gasteiger partial charge in [-0.05, 0) is 58.7 Å². The molecule has 7 nitrogen and oxygen atoms in total. The van der Waals surface area contributed by atoms with Crippen LogP contribution in [0.5, 0.6) is 0 Å². The number of carbonyl (C=O) groups excluding carboxylic acids is 1. The molecular formula is C27H33I2N4O3P. The van der Waals surface area contributed by atoms with Crippen LogP contribution in [0, 0.1) is 5.92 Å². The van der Waals surface area contributed by atoms with Crippen LogP contribution in [0.3, 0.4) is 0 Å². The van der Waals surface area contributed by atoms with E-state index < -0.39 is 0 Å². The van der Waals surface area contributed by atoms with E-state index in [-0.39, 0.29) is 25.0 Å². The average Bonchev–Trinajstić information content (AvgIpc) is 3.60. The quantitative estimate of drug-likeness (QED) is 0.193. The summed E-state index contributed by atoms with van der Waals surface area (Å²) in [5, 5.41) is 8.66. The monoisotopic (exact) mass is 746 g/mol. The van der Waals surface area contributed by atoms with E-state index in [0.29, 0.717) is 17.2 Å². The average molecular weight is 746 g/mol. The van der Waals surface area contributed by atoms with E-state index in [1.54, 1.807) is 23.1 Å². The maximum atomic E-state index is 13.8. The van der Waals surface area contributed by atoms with Crippen molar-refractivity contribution >= 4 is 82.3 Å². The molecule has 3 aromatic rings. The Hall–Kier alpha value is -1.17. The number of rotatable bonds is 8. The van der Waals surface area contributed by atoms with Crippen molar-refractivity contribution in [1.82, 2.24) is 14.8 Å². The molecule has 2 aliphatic rings. The van der Waals surface area contributed by atoms with Gasteiger partial charge in [-0.3, -0.25) is 9.59 Å². The number of pyridine rings is 1. The minimum Gasteiger partial charge on any atom is -0.463 e. The van der Waals surface area contributed by atoms with Gasteiger partial charge in [0, 0.05) is 35.1 Å². The maximum Gasteiger partial charge on any atom is 0.255 e. The van der Waals surface area contributed by atoms with Crippen molar-refractivity contribution in [2.24, 2.45) is 5.92 Å². The fourth-order valence-electron chi connectivity index (χ4n) is 5.21. The number of amides is 1. The van der Waals surface area contributed by atoms with E-state index in [1.165, 1.54) is 0 Å². The molecule has 2 aromatic heterocycles. The SMILES string of the molecule is C[C@@H](NC(=O)c1cn(C2(C(I)I)CC2)c(=O)cc1NCC1CCN(C)CC1)c1cccc2c(P)coc12. The number of halogens is 2. The van der Waals surface area contributed by atoms with Crippen LogP contribution in [0.4, 0.5) is 5.69 Å². The predicted molar refractivity (Wildman–Crippen MR) is 170 cm³/mol. The minimum absolute atomic E-state index is 0.0559. The number of furan rings is 1. The highest BCUT2D eigenvalue weighted by molar-refractivity contribution is 14.2. The molecule has 1 amide bonds. The Bertz CT molecular complexity index is 1360. The summed E-state index contributed by atoms with van der Waals surface area (Å²) >= 11 is 4.77. The van der Waals surface area contributed by atoms with Gasteiger partial charge in [-0.1, -0.05) is 63.4 Å². The molecule has 0 bridgehead atoms. The molecule has 2 N–H and O–H groups in total. The lowest BCUT2D eigenvalue weighted by Crippen LogP contribution is -2.37. The topological polar surface area (TPSA) is 79.5 Å². The Balaban J connectivity index is 1.44. The molecule has 1 aliphatic carbocycles. The van der Waals surface area contributed by atoms with Gasteiger partial charge in [0.05, 0.1) is 31.0 Å². The van der Waals surface area contributed by atoms with E-state index in [4.69, 9.17) is 4.42 Å². The smallest absolute Gasteiger partial charge is 0.255 e. The van der Waals surface area contributed by atoms with Crippen molar-refractivity contribution in [3.63, 3.8) is 0 Å². The highest BCUT2D eigenvalue weighted by atomic mass is 127. The Labute approximate surface area is 247 Å². The lowest BCUT2D eigenvalue weighted by molar-refractivity contribution is 0.0939. The van der Waals surface area contributed by atoms with Crippen molar-refractivity contribution in [3.05, 3.63) is 58.2 Å². The number of nitrogens with zero attached hydrogens (tertiary/aromatic N) is 2. The molecule has 1 aliphatic heterocycles. The van der Waals surface area contributed by atoms with E-state index in [2.05, 4.69) is 77.0 Å². The number of piperidine rings is 1. The van der Waals surface area contributed by atoms with Crippen molar-refractivity contribution in [3.8, 4) is 0 Å². The second-order valence-electron chi connectivity index (χ2n) is 10.5. The lowest BCUT2D eigenvalue weighted by Gasteiger charge is -2.29. The second kappa shape index (κ2) is 11.1. The molecule has 2 fully saturated rings. The van der Waals surface area contributed by atoms with Gasteiger partial charge in [-0.25, -0.2) is 0 Å². The van der Waals surface area contributed by atoms with Crippen LogP contribution >= 0.6 is 54.4 Å². The number of benzene rings is 1. The molecule has 3 heterocycles. The van der Waals surface area contributed by atoms with E-state index in [9.17, 15) is 9.59 Å². The molecule has 1 saturated carbocycles. The van der Waals surface area contributed by atoms with Gasteiger partial charge in [-0.2, -0.15) is 0 Å². The summed E-state index contributed by atoms with van der Waals surface area (Å²) in [4.78, 5) is 29.4. The van der Waals surface area contributed by atoms with Crippen LogP contribution in [-0.4, -0.2) is 44.0 Å². The number of para-hydroxylation sites is 1. The largest absolute Gasteiger partial charge is 0.463 e. The summed E-state index contributed by atoms with van der Waals surface area (Å²) in [6.45, 7) is 4.87. The second-order valence-corrected chi connectivity index (χ2v) is 15.9. The number of fused-ring (bicyclic) bond motifs is 1. The zero-order chi connectivity index (χ0) is 26.3. The van der Waals surface area contributed by atoms with Crippen molar-refractivity contribution in [1.29, 1.82) is 0 Å². The lowest BCUT2D eigenvalue weighted by atomic mass is 9.97. The molecule has 1 unspecified atom stereocenters. The van der Waals surface area contributed by atoms with Crippen LogP contribution in [-0.2, 0) is 5.54 Å². The molecular weight excluding hydrogens is 713 g/mol. The number of anilines is 1. The Kier molecular flexibility index (Phi) is 8.25. The zero-order valence-corrected chi connectivity index (χ0v) is 26.6. The molecule has 1 aromatic carbocycles. The van der Waals surface area contributed by atoms with Gasteiger partial charge >= 0.3 is 0 Å². The first-order chi connectivity index (χ1) is 17.7. The standard InChI is InChI=1S/C27H33I2N4O3P/c1-16(18-4-3-5-19-22(37)15-36-24(18)19)31-25(35)20-14-33(27(8-9-27)26(28)29)23(34)12-21(20)30-13-17-6-10-32(2)11-7-17/h3-5,12,14-17,26,30H,6-11,13,37H2,1-2H3,(H,31,35)/t16-/m1/s1. The third-order valence-corrected chi connectivity index (χ3v) is 10.6. The first kappa shape index (κ1) is 27.4. The third-order valence-electron chi connectivity index (χ3n) is 7.84.